The van der Waals surface area contributed by atoms with Gasteiger partial charge in [0.05, 0.1) is 6.10 Å². The van der Waals surface area contributed by atoms with Gasteiger partial charge in [-0.05, 0) is 18.4 Å². The Kier molecular flexibility index (Phi) is 4.27. The summed E-state index contributed by atoms with van der Waals surface area (Å²) in [5.41, 5.74) is 6.34. The van der Waals surface area contributed by atoms with E-state index in [0.29, 0.717) is 12.8 Å². The Balaban J connectivity index is 2.41. The van der Waals surface area contributed by atoms with Gasteiger partial charge < -0.3 is 15.9 Å². The molecule has 0 saturated heterocycles. The fourth-order valence-electron chi connectivity index (χ4n) is 1.30. The summed E-state index contributed by atoms with van der Waals surface area (Å²) >= 11 is 0. The molecule has 0 aliphatic heterocycles. The lowest BCUT2D eigenvalue weighted by atomic mass is 10.0. The fraction of sp³-hybridized carbons (Fsp3) is 0.364. The van der Waals surface area contributed by atoms with Gasteiger partial charge in [-0.25, -0.2) is 0 Å². The highest BCUT2D eigenvalue weighted by atomic mass is 16.4. The maximum atomic E-state index is 10.5. The molecule has 0 aliphatic rings. The van der Waals surface area contributed by atoms with Crippen molar-refractivity contribution in [2.75, 3.05) is 0 Å². The van der Waals surface area contributed by atoms with Gasteiger partial charge in [-0.15, -0.1) is 0 Å². The molecule has 4 heteroatoms. The van der Waals surface area contributed by atoms with E-state index in [4.69, 9.17) is 10.8 Å². The number of aryl methyl sites for hydroxylation is 1. The minimum Gasteiger partial charge on any atom is -0.480 e. The van der Waals surface area contributed by atoms with E-state index in [1.54, 1.807) is 0 Å². The van der Waals surface area contributed by atoms with E-state index in [-0.39, 0.29) is 0 Å². The third-order valence-electron chi connectivity index (χ3n) is 2.27. The zero-order valence-corrected chi connectivity index (χ0v) is 8.34. The quantitative estimate of drug-likeness (QED) is 0.655. The fourth-order valence-corrected chi connectivity index (χ4v) is 1.30. The smallest absolute Gasteiger partial charge is 0.323 e. The van der Waals surface area contributed by atoms with Crippen LogP contribution in [-0.4, -0.2) is 28.3 Å². The van der Waals surface area contributed by atoms with Crippen molar-refractivity contribution in [2.45, 2.75) is 25.0 Å². The molecule has 0 unspecified atom stereocenters. The van der Waals surface area contributed by atoms with Crippen LogP contribution in [0.4, 0.5) is 0 Å². The molecule has 0 aliphatic carbocycles. The summed E-state index contributed by atoms with van der Waals surface area (Å²) < 4.78 is 0. The molecule has 1 rings (SSSR count). The van der Waals surface area contributed by atoms with Crippen LogP contribution in [-0.2, 0) is 11.2 Å². The Morgan fingerprint density at radius 2 is 1.93 bits per heavy atom. The third kappa shape index (κ3) is 3.69. The monoisotopic (exact) mass is 209 g/mol. The SMILES string of the molecule is N[C@H](C(=O)O)[C@H](O)CCc1ccccc1. The molecule has 0 fully saturated rings. The topological polar surface area (TPSA) is 83.6 Å². The number of carboxylic acids is 1. The average Bonchev–Trinajstić information content (AvgIpc) is 2.26. The van der Waals surface area contributed by atoms with E-state index in [2.05, 4.69) is 0 Å². The van der Waals surface area contributed by atoms with Gasteiger partial charge in [-0.2, -0.15) is 0 Å². The number of aliphatic carboxylic acids is 1. The Labute approximate surface area is 88.3 Å². The van der Waals surface area contributed by atoms with Crippen LogP contribution < -0.4 is 5.73 Å². The predicted octanol–water partition coefficient (Wildman–Crippen LogP) is 0.392. The lowest BCUT2D eigenvalue weighted by molar-refractivity contribution is -0.141. The van der Waals surface area contributed by atoms with Crippen LogP contribution in [0.3, 0.4) is 0 Å². The number of benzene rings is 1. The molecular formula is C11H15NO3. The number of hydrogen-bond donors (Lipinski definition) is 3. The first-order valence-electron chi connectivity index (χ1n) is 4.81. The van der Waals surface area contributed by atoms with Gasteiger partial charge in [0.25, 0.3) is 0 Å². The number of carbonyl (C=O) groups is 1. The normalized spacial score (nSPS) is 14.5. The third-order valence-corrected chi connectivity index (χ3v) is 2.27. The van der Waals surface area contributed by atoms with E-state index in [0.717, 1.165) is 5.56 Å². The minimum absolute atomic E-state index is 0.359. The summed E-state index contributed by atoms with van der Waals surface area (Å²) in [5.74, 6) is -1.17. The molecular weight excluding hydrogens is 194 g/mol. The number of rotatable bonds is 5. The molecule has 1 aromatic carbocycles. The molecule has 4 N–H and O–H groups in total. The summed E-state index contributed by atoms with van der Waals surface area (Å²) in [6.45, 7) is 0. The summed E-state index contributed by atoms with van der Waals surface area (Å²) in [7, 11) is 0. The van der Waals surface area contributed by atoms with Gasteiger partial charge in [0.15, 0.2) is 0 Å². The number of hydrogen-bond acceptors (Lipinski definition) is 3. The molecule has 0 heterocycles. The summed E-state index contributed by atoms with van der Waals surface area (Å²) in [4.78, 5) is 10.5. The van der Waals surface area contributed by atoms with Crippen molar-refractivity contribution in [1.29, 1.82) is 0 Å². The lowest BCUT2D eigenvalue weighted by Crippen LogP contribution is -2.41. The second-order valence-corrected chi connectivity index (χ2v) is 3.46. The van der Waals surface area contributed by atoms with Gasteiger partial charge in [0.1, 0.15) is 6.04 Å². The maximum absolute atomic E-state index is 10.5. The van der Waals surface area contributed by atoms with E-state index < -0.39 is 18.1 Å². The number of aliphatic hydroxyl groups excluding tert-OH is 1. The lowest BCUT2D eigenvalue weighted by Gasteiger charge is -2.14. The zero-order valence-electron chi connectivity index (χ0n) is 8.34. The first kappa shape index (κ1) is 11.7. The Morgan fingerprint density at radius 3 is 2.47 bits per heavy atom. The molecule has 82 valence electrons. The van der Waals surface area contributed by atoms with Crippen LogP contribution in [0, 0.1) is 0 Å². The Morgan fingerprint density at radius 1 is 1.33 bits per heavy atom. The van der Waals surface area contributed by atoms with E-state index in [9.17, 15) is 9.90 Å². The molecule has 0 saturated carbocycles. The molecule has 0 radical (unpaired) electrons. The largest absolute Gasteiger partial charge is 0.480 e. The molecule has 0 amide bonds. The van der Waals surface area contributed by atoms with Crippen molar-refractivity contribution in [2.24, 2.45) is 5.73 Å². The van der Waals surface area contributed by atoms with E-state index in [1.165, 1.54) is 0 Å². The highest BCUT2D eigenvalue weighted by molar-refractivity contribution is 5.73. The molecule has 1 aromatic rings. The van der Waals surface area contributed by atoms with Crippen molar-refractivity contribution in [3.05, 3.63) is 35.9 Å². The van der Waals surface area contributed by atoms with Gasteiger partial charge >= 0.3 is 5.97 Å². The van der Waals surface area contributed by atoms with E-state index >= 15 is 0 Å². The maximum Gasteiger partial charge on any atom is 0.323 e. The molecule has 0 aromatic heterocycles. The molecule has 2 atom stereocenters. The molecule has 15 heavy (non-hydrogen) atoms. The minimum atomic E-state index is -1.20. The first-order chi connectivity index (χ1) is 7.11. The first-order valence-corrected chi connectivity index (χ1v) is 4.81. The predicted molar refractivity (Wildman–Crippen MR) is 56.4 cm³/mol. The Hall–Kier alpha value is -1.39. The van der Waals surface area contributed by atoms with E-state index in [1.807, 2.05) is 30.3 Å². The number of carboxylic acid groups (broad SMARTS) is 1. The van der Waals surface area contributed by atoms with Gasteiger partial charge in [-0.3, -0.25) is 4.79 Å². The zero-order chi connectivity index (χ0) is 11.3. The standard InChI is InChI=1S/C11H15NO3/c12-10(11(14)15)9(13)7-6-8-4-2-1-3-5-8/h1-5,9-10,13H,6-7,12H2,(H,14,15)/t9-,10+/m1/s1. The summed E-state index contributed by atoms with van der Waals surface area (Å²) in [6.07, 6.45) is -0.0109. The van der Waals surface area contributed by atoms with Crippen LogP contribution in [0.5, 0.6) is 0 Å². The van der Waals surface area contributed by atoms with Crippen LogP contribution >= 0.6 is 0 Å². The average molecular weight is 209 g/mol. The van der Waals surface area contributed by atoms with Crippen LogP contribution in [0.1, 0.15) is 12.0 Å². The molecule has 0 bridgehead atoms. The molecule has 0 spiro atoms. The van der Waals surface area contributed by atoms with Crippen molar-refractivity contribution >= 4 is 5.97 Å². The van der Waals surface area contributed by atoms with Crippen molar-refractivity contribution < 1.29 is 15.0 Å². The van der Waals surface area contributed by atoms with Crippen LogP contribution in [0.2, 0.25) is 0 Å². The van der Waals surface area contributed by atoms with Crippen molar-refractivity contribution in [1.82, 2.24) is 0 Å². The number of nitrogens with two attached hydrogens (primary N) is 1. The van der Waals surface area contributed by atoms with Crippen LogP contribution in [0.15, 0.2) is 30.3 Å². The van der Waals surface area contributed by atoms with Crippen molar-refractivity contribution in [3.8, 4) is 0 Å². The second kappa shape index (κ2) is 5.48. The number of aliphatic hydroxyl groups is 1. The summed E-state index contributed by atoms with van der Waals surface area (Å²) in [5, 5.41) is 18.0. The van der Waals surface area contributed by atoms with Gasteiger partial charge in [-0.1, -0.05) is 30.3 Å². The highest BCUT2D eigenvalue weighted by Gasteiger charge is 2.21. The summed E-state index contributed by atoms with van der Waals surface area (Å²) in [6, 6.07) is 8.37. The van der Waals surface area contributed by atoms with Crippen LogP contribution in [0.25, 0.3) is 0 Å². The Bertz CT molecular complexity index is 313. The van der Waals surface area contributed by atoms with Gasteiger partial charge in [0, 0.05) is 0 Å². The van der Waals surface area contributed by atoms with Crippen molar-refractivity contribution in [3.63, 3.8) is 0 Å². The second-order valence-electron chi connectivity index (χ2n) is 3.46. The van der Waals surface area contributed by atoms with Gasteiger partial charge in [0.2, 0.25) is 0 Å². The highest BCUT2D eigenvalue weighted by Crippen LogP contribution is 2.06. The molecule has 4 nitrogen and oxygen atoms in total.